The fourth-order valence-electron chi connectivity index (χ4n) is 2.56. The molecule has 0 aromatic heterocycles. The number of carbonyl (C=O) groups is 1. The largest absolute Gasteiger partial charge is 0.353 e. The maximum absolute atomic E-state index is 11.6. The first kappa shape index (κ1) is 10.9. The maximum Gasteiger partial charge on any atom is 0.220 e. The summed E-state index contributed by atoms with van der Waals surface area (Å²) in [4.78, 5) is 11.6. The van der Waals surface area contributed by atoms with Gasteiger partial charge < -0.3 is 11.1 Å². The van der Waals surface area contributed by atoms with E-state index in [9.17, 15) is 4.79 Å². The van der Waals surface area contributed by atoms with Crippen LogP contribution in [0.25, 0.3) is 0 Å². The van der Waals surface area contributed by atoms with E-state index in [0.29, 0.717) is 12.1 Å². The van der Waals surface area contributed by atoms with Crippen LogP contribution in [0.2, 0.25) is 0 Å². The molecule has 2 saturated carbocycles. The number of nitrogens with one attached hydrogen (secondary N) is 1. The third-order valence-corrected chi connectivity index (χ3v) is 3.84. The average Bonchev–Trinajstić information content (AvgIpc) is 2.48. The Bertz CT molecular complexity index is 226. The summed E-state index contributed by atoms with van der Waals surface area (Å²) >= 11 is 0. The van der Waals surface area contributed by atoms with Crippen LogP contribution in [-0.2, 0) is 4.79 Å². The zero-order chi connectivity index (χ0) is 10.7. The molecular weight excluding hydrogens is 188 g/mol. The highest BCUT2D eigenvalue weighted by molar-refractivity contribution is 5.76. The van der Waals surface area contributed by atoms with Crippen LogP contribution in [0, 0.1) is 5.92 Å². The average molecular weight is 210 g/mol. The molecule has 2 fully saturated rings. The Labute approximate surface area is 91.8 Å². The Morgan fingerprint density at radius 2 is 2.07 bits per heavy atom. The molecule has 0 aromatic carbocycles. The molecule has 0 radical (unpaired) electrons. The number of carbonyl (C=O) groups excluding carboxylic acids is 1. The predicted octanol–water partition coefficient (Wildman–Crippen LogP) is 1.56. The van der Waals surface area contributed by atoms with Gasteiger partial charge in [-0.3, -0.25) is 4.79 Å². The molecule has 0 bridgehead atoms. The molecule has 3 nitrogen and oxygen atoms in total. The Hall–Kier alpha value is -0.570. The van der Waals surface area contributed by atoms with Crippen LogP contribution in [0.3, 0.4) is 0 Å². The van der Waals surface area contributed by atoms with Gasteiger partial charge in [0.25, 0.3) is 0 Å². The lowest BCUT2D eigenvalue weighted by Gasteiger charge is -2.25. The Morgan fingerprint density at radius 1 is 1.27 bits per heavy atom. The SMILES string of the molecule is NC1CCC(NC(=O)CCC2CCC2)C1. The van der Waals surface area contributed by atoms with E-state index >= 15 is 0 Å². The lowest BCUT2D eigenvalue weighted by molar-refractivity contribution is -0.122. The first-order chi connectivity index (χ1) is 7.24. The molecule has 2 aliphatic rings. The van der Waals surface area contributed by atoms with Crippen LogP contribution in [0.5, 0.6) is 0 Å². The summed E-state index contributed by atoms with van der Waals surface area (Å²) < 4.78 is 0. The molecule has 3 N–H and O–H groups in total. The van der Waals surface area contributed by atoms with Crippen molar-refractivity contribution in [2.75, 3.05) is 0 Å². The summed E-state index contributed by atoms with van der Waals surface area (Å²) in [6.45, 7) is 0. The van der Waals surface area contributed by atoms with Crippen molar-refractivity contribution in [1.29, 1.82) is 0 Å². The van der Waals surface area contributed by atoms with Crippen molar-refractivity contribution in [3.8, 4) is 0 Å². The number of nitrogens with two attached hydrogens (primary N) is 1. The van der Waals surface area contributed by atoms with Gasteiger partial charge in [-0.2, -0.15) is 0 Å². The van der Waals surface area contributed by atoms with Gasteiger partial charge in [0.2, 0.25) is 5.91 Å². The van der Waals surface area contributed by atoms with Gasteiger partial charge >= 0.3 is 0 Å². The van der Waals surface area contributed by atoms with E-state index in [1.165, 1.54) is 19.3 Å². The third-order valence-electron chi connectivity index (χ3n) is 3.84. The van der Waals surface area contributed by atoms with Crippen molar-refractivity contribution < 1.29 is 4.79 Å². The Balaban J connectivity index is 1.59. The normalized spacial score (nSPS) is 31.3. The van der Waals surface area contributed by atoms with Gasteiger partial charge in [0.15, 0.2) is 0 Å². The predicted molar refractivity (Wildman–Crippen MR) is 60.3 cm³/mol. The minimum Gasteiger partial charge on any atom is -0.353 e. The standard InChI is InChI=1S/C12H22N2O/c13-10-5-6-11(8-10)14-12(15)7-4-9-2-1-3-9/h9-11H,1-8,13H2,(H,14,15). The number of rotatable bonds is 4. The summed E-state index contributed by atoms with van der Waals surface area (Å²) in [7, 11) is 0. The van der Waals surface area contributed by atoms with E-state index in [1.807, 2.05) is 0 Å². The van der Waals surface area contributed by atoms with Gasteiger partial charge in [0, 0.05) is 18.5 Å². The molecule has 2 atom stereocenters. The van der Waals surface area contributed by atoms with Gasteiger partial charge in [-0.25, -0.2) is 0 Å². The molecule has 2 rings (SSSR count). The molecule has 3 heteroatoms. The minimum absolute atomic E-state index is 0.237. The van der Waals surface area contributed by atoms with Crippen LogP contribution >= 0.6 is 0 Å². The van der Waals surface area contributed by atoms with Gasteiger partial charge in [-0.1, -0.05) is 19.3 Å². The lowest BCUT2D eigenvalue weighted by atomic mass is 9.82. The van der Waals surface area contributed by atoms with Crippen LogP contribution in [-0.4, -0.2) is 18.0 Å². The smallest absolute Gasteiger partial charge is 0.220 e. The van der Waals surface area contributed by atoms with Gasteiger partial charge in [-0.05, 0) is 31.6 Å². The third kappa shape index (κ3) is 3.20. The monoisotopic (exact) mass is 210 g/mol. The summed E-state index contributed by atoms with van der Waals surface area (Å²) in [5, 5.41) is 3.09. The van der Waals surface area contributed by atoms with Crippen molar-refractivity contribution in [3.05, 3.63) is 0 Å². The molecule has 15 heavy (non-hydrogen) atoms. The lowest BCUT2D eigenvalue weighted by Crippen LogP contribution is -2.34. The molecule has 0 aromatic rings. The van der Waals surface area contributed by atoms with Crippen molar-refractivity contribution in [1.82, 2.24) is 5.32 Å². The molecule has 0 aliphatic heterocycles. The second-order valence-corrected chi connectivity index (χ2v) is 5.17. The summed E-state index contributed by atoms with van der Waals surface area (Å²) in [5.74, 6) is 1.07. The van der Waals surface area contributed by atoms with Crippen molar-refractivity contribution in [3.63, 3.8) is 0 Å². The molecule has 0 heterocycles. The summed E-state index contributed by atoms with van der Waals surface area (Å²) in [6, 6.07) is 0.663. The quantitative estimate of drug-likeness (QED) is 0.740. The van der Waals surface area contributed by atoms with Crippen molar-refractivity contribution in [2.45, 2.75) is 63.5 Å². The van der Waals surface area contributed by atoms with Crippen LogP contribution < -0.4 is 11.1 Å². The van der Waals surface area contributed by atoms with E-state index < -0.39 is 0 Å². The molecular formula is C12H22N2O. The van der Waals surface area contributed by atoms with Crippen molar-refractivity contribution >= 4 is 5.91 Å². The van der Waals surface area contributed by atoms with Crippen molar-refractivity contribution in [2.24, 2.45) is 11.7 Å². The highest BCUT2D eigenvalue weighted by Gasteiger charge is 2.24. The second-order valence-electron chi connectivity index (χ2n) is 5.17. The van der Waals surface area contributed by atoms with E-state index in [0.717, 1.165) is 38.0 Å². The number of amides is 1. The highest BCUT2D eigenvalue weighted by Crippen LogP contribution is 2.30. The summed E-state index contributed by atoms with van der Waals surface area (Å²) in [5.41, 5.74) is 5.80. The van der Waals surface area contributed by atoms with E-state index in [1.54, 1.807) is 0 Å². The number of hydrogen-bond donors (Lipinski definition) is 2. The van der Waals surface area contributed by atoms with E-state index in [-0.39, 0.29) is 5.91 Å². The molecule has 0 saturated heterocycles. The molecule has 0 spiro atoms. The van der Waals surface area contributed by atoms with Gasteiger partial charge in [0.05, 0.1) is 0 Å². The zero-order valence-corrected chi connectivity index (χ0v) is 9.37. The molecule has 1 amide bonds. The molecule has 86 valence electrons. The zero-order valence-electron chi connectivity index (χ0n) is 9.37. The van der Waals surface area contributed by atoms with Gasteiger partial charge in [-0.15, -0.1) is 0 Å². The molecule has 2 aliphatic carbocycles. The first-order valence-electron chi connectivity index (χ1n) is 6.29. The first-order valence-corrected chi connectivity index (χ1v) is 6.29. The Morgan fingerprint density at radius 3 is 2.60 bits per heavy atom. The fraction of sp³-hybridized carbons (Fsp3) is 0.917. The highest BCUT2D eigenvalue weighted by atomic mass is 16.1. The minimum atomic E-state index is 0.237. The molecule has 2 unspecified atom stereocenters. The topological polar surface area (TPSA) is 55.1 Å². The van der Waals surface area contributed by atoms with Crippen LogP contribution in [0.1, 0.15) is 51.4 Å². The van der Waals surface area contributed by atoms with Crippen LogP contribution in [0.4, 0.5) is 0 Å². The van der Waals surface area contributed by atoms with E-state index in [2.05, 4.69) is 5.32 Å². The van der Waals surface area contributed by atoms with E-state index in [4.69, 9.17) is 5.73 Å². The fourth-order valence-corrected chi connectivity index (χ4v) is 2.56. The Kier molecular flexibility index (Phi) is 3.62. The summed E-state index contributed by atoms with van der Waals surface area (Å²) in [6.07, 6.45) is 8.94. The maximum atomic E-state index is 11.6. The van der Waals surface area contributed by atoms with Gasteiger partial charge in [0.1, 0.15) is 0 Å². The number of hydrogen-bond acceptors (Lipinski definition) is 2. The second kappa shape index (κ2) is 4.97. The van der Waals surface area contributed by atoms with Crippen LogP contribution in [0.15, 0.2) is 0 Å².